The van der Waals surface area contributed by atoms with E-state index in [1.165, 1.54) is 19.4 Å². The summed E-state index contributed by atoms with van der Waals surface area (Å²) in [4.78, 5) is 11.7. The number of rotatable bonds is 5. The van der Waals surface area contributed by atoms with E-state index < -0.39 is 9.84 Å². The third kappa shape index (κ3) is 4.45. The van der Waals surface area contributed by atoms with Gasteiger partial charge < -0.3 is 9.84 Å². The molecule has 1 atom stereocenters. The van der Waals surface area contributed by atoms with E-state index in [4.69, 9.17) is 4.74 Å². The number of hydrazone groups is 1. The minimum absolute atomic E-state index is 0.0196. The fourth-order valence-corrected chi connectivity index (χ4v) is 4.16. The number of carbonyl (C=O) groups excluding carboxylic acids is 1. The molecule has 1 amide bonds. The van der Waals surface area contributed by atoms with E-state index in [1.54, 1.807) is 12.1 Å². The van der Waals surface area contributed by atoms with Crippen LogP contribution in [0.2, 0.25) is 0 Å². The predicted octanol–water partition coefficient (Wildman–Crippen LogP) is 0.676. The molecule has 1 saturated heterocycles. The van der Waals surface area contributed by atoms with Crippen molar-refractivity contribution in [1.82, 2.24) is 5.43 Å². The Labute approximate surface area is 128 Å². The van der Waals surface area contributed by atoms with Crippen molar-refractivity contribution in [3.05, 3.63) is 23.8 Å². The second kappa shape index (κ2) is 6.78. The molecule has 2 rings (SSSR count). The molecule has 0 spiro atoms. The SMILES string of the molecule is COc1cc(/C=N/NC(=O)C[C@H]2CCS(=O)(=O)C2)ccc1O. The van der Waals surface area contributed by atoms with E-state index in [0.29, 0.717) is 17.7 Å². The molecule has 0 aliphatic carbocycles. The summed E-state index contributed by atoms with van der Waals surface area (Å²) >= 11 is 0. The predicted molar refractivity (Wildman–Crippen MR) is 81.8 cm³/mol. The maximum atomic E-state index is 11.7. The zero-order valence-corrected chi connectivity index (χ0v) is 13.0. The average molecular weight is 326 g/mol. The normalized spacial score (nSPS) is 20.1. The lowest BCUT2D eigenvalue weighted by atomic mass is 10.1. The number of nitrogens with zero attached hydrogens (tertiary/aromatic N) is 1. The number of sulfone groups is 1. The average Bonchev–Trinajstić information content (AvgIpc) is 2.79. The van der Waals surface area contributed by atoms with Crippen LogP contribution >= 0.6 is 0 Å². The number of phenols is 1. The van der Waals surface area contributed by atoms with Crippen molar-refractivity contribution in [2.24, 2.45) is 11.0 Å². The van der Waals surface area contributed by atoms with Gasteiger partial charge in [-0.1, -0.05) is 0 Å². The Morgan fingerprint density at radius 1 is 1.55 bits per heavy atom. The van der Waals surface area contributed by atoms with Gasteiger partial charge in [-0.25, -0.2) is 13.8 Å². The second-order valence-electron chi connectivity index (χ2n) is 5.20. The van der Waals surface area contributed by atoms with Gasteiger partial charge in [0.15, 0.2) is 21.3 Å². The van der Waals surface area contributed by atoms with Gasteiger partial charge in [-0.05, 0) is 36.1 Å². The molecular weight excluding hydrogens is 308 g/mol. The maximum absolute atomic E-state index is 11.7. The van der Waals surface area contributed by atoms with Gasteiger partial charge in [0.1, 0.15) is 0 Å². The van der Waals surface area contributed by atoms with Crippen molar-refractivity contribution in [1.29, 1.82) is 0 Å². The highest BCUT2D eigenvalue weighted by molar-refractivity contribution is 7.91. The summed E-state index contributed by atoms with van der Waals surface area (Å²) in [6, 6.07) is 4.66. The summed E-state index contributed by atoms with van der Waals surface area (Å²) in [6.45, 7) is 0. The van der Waals surface area contributed by atoms with E-state index in [1.807, 2.05) is 0 Å². The Balaban J connectivity index is 1.86. The minimum Gasteiger partial charge on any atom is -0.504 e. The van der Waals surface area contributed by atoms with Crippen LogP contribution in [0.3, 0.4) is 0 Å². The van der Waals surface area contributed by atoms with Crippen LogP contribution < -0.4 is 10.2 Å². The Kier molecular flexibility index (Phi) is 5.02. The minimum atomic E-state index is -2.97. The maximum Gasteiger partial charge on any atom is 0.240 e. The second-order valence-corrected chi connectivity index (χ2v) is 7.43. The summed E-state index contributed by atoms with van der Waals surface area (Å²) in [5.74, 6) is 0.108. The molecule has 1 fully saturated rings. The van der Waals surface area contributed by atoms with Crippen molar-refractivity contribution >= 4 is 22.0 Å². The molecule has 0 radical (unpaired) electrons. The standard InChI is InChI=1S/C14H18N2O5S/c1-21-13-6-10(2-3-12(13)17)8-15-16-14(18)7-11-4-5-22(19,20)9-11/h2-3,6,8,11,17H,4-5,7,9H2,1H3,(H,16,18)/b15-8+/t11-/m1/s1. The third-order valence-electron chi connectivity index (χ3n) is 3.41. The van der Waals surface area contributed by atoms with Crippen molar-refractivity contribution in [2.75, 3.05) is 18.6 Å². The Bertz CT molecular complexity index is 684. The Hall–Kier alpha value is -2.09. The van der Waals surface area contributed by atoms with Crippen LogP contribution in [0.25, 0.3) is 0 Å². The molecule has 22 heavy (non-hydrogen) atoms. The number of ether oxygens (including phenoxy) is 1. The molecule has 1 aromatic carbocycles. The number of nitrogens with one attached hydrogen (secondary N) is 1. The van der Waals surface area contributed by atoms with E-state index >= 15 is 0 Å². The summed E-state index contributed by atoms with van der Waals surface area (Å²) in [7, 11) is -1.53. The number of hydrogen-bond donors (Lipinski definition) is 2. The van der Waals surface area contributed by atoms with E-state index in [9.17, 15) is 18.3 Å². The molecule has 2 N–H and O–H groups in total. The molecule has 7 nitrogen and oxygen atoms in total. The first kappa shape index (κ1) is 16.3. The van der Waals surface area contributed by atoms with E-state index in [0.717, 1.165) is 0 Å². The summed E-state index contributed by atoms with van der Waals surface area (Å²) < 4.78 is 27.6. The van der Waals surface area contributed by atoms with Gasteiger partial charge in [0.05, 0.1) is 24.8 Å². The lowest BCUT2D eigenvalue weighted by molar-refractivity contribution is -0.121. The number of hydrogen-bond acceptors (Lipinski definition) is 6. The van der Waals surface area contributed by atoms with Gasteiger partial charge >= 0.3 is 0 Å². The van der Waals surface area contributed by atoms with E-state index in [2.05, 4.69) is 10.5 Å². The molecule has 1 heterocycles. The van der Waals surface area contributed by atoms with Crippen LogP contribution in [0.5, 0.6) is 11.5 Å². The van der Waals surface area contributed by atoms with Crippen LogP contribution in [0.4, 0.5) is 0 Å². The fraction of sp³-hybridized carbons (Fsp3) is 0.429. The van der Waals surface area contributed by atoms with Crippen LogP contribution in [0, 0.1) is 5.92 Å². The number of phenolic OH excluding ortho intramolecular Hbond substituents is 1. The van der Waals surface area contributed by atoms with Gasteiger partial charge in [-0.15, -0.1) is 0 Å². The molecule has 1 aliphatic rings. The molecule has 1 aliphatic heterocycles. The first-order valence-electron chi connectivity index (χ1n) is 6.79. The first-order chi connectivity index (χ1) is 10.4. The number of benzene rings is 1. The summed E-state index contributed by atoms with van der Waals surface area (Å²) in [5.41, 5.74) is 3.02. The number of methoxy groups -OCH3 is 1. The molecule has 1 aromatic rings. The van der Waals surface area contributed by atoms with Crippen LogP contribution in [-0.4, -0.2) is 44.3 Å². The van der Waals surface area contributed by atoms with Crippen molar-refractivity contribution < 1.29 is 23.1 Å². The van der Waals surface area contributed by atoms with Gasteiger partial charge in [0, 0.05) is 6.42 Å². The van der Waals surface area contributed by atoms with Gasteiger partial charge in [-0.3, -0.25) is 4.79 Å². The molecule has 120 valence electrons. The van der Waals surface area contributed by atoms with Crippen molar-refractivity contribution in [3.8, 4) is 11.5 Å². The van der Waals surface area contributed by atoms with Gasteiger partial charge in [0.2, 0.25) is 5.91 Å². The lowest BCUT2D eigenvalue weighted by Crippen LogP contribution is -2.21. The van der Waals surface area contributed by atoms with Crippen LogP contribution in [0.15, 0.2) is 23.3 Å². The zero-order valence-electron chi connectivity index (χ0n) is 12.2. The van der Waals surface area contributed by atoms with E-state index in [-0.39, 0.29) is 35.5 Å². The smallest absolute Gasteiger partial charge is 0.240 e. The third-order valence-corrected chi connectivity index (χ3v) is 5.24. The largest absolute Gasteiger partial charge is 0.504 e. The Morgan fingerprint density at radius 3 is 2.95 bits per heavy atom. The molecule has 0 aromatic heterocycles. The number of carbonyl (C=O) groups is 1. The zero-order chi connectivity index (χ0) is 16.2. The van der Waals surface area contributed by atoms with Gasteiger partial charge in [-0.2, -0.15) is 5.10 Å². The quantitative estimate of drug-likeness (QED) is 0.611. The van der Waals surface area contributed by atoms with Crippen molar-refractivity contribution in [3.63, 3.8) is 0 Å². The van der Waals surface area contributed by atoms with Gasteiger partial charge in [0.25, 0.3) is 0 Å². The highest BCUT2D eigenvalue weighted by Gasteiger charge is 2.29. The lowest BCUT2D eigenvalue weighted by Gasteiger charge is -2.05. The highest BCUT2D eigenvalue weighted by atomic mass is 32.2. The fourth-order valence-electron chi connectivity index (χ4n) is 2.29. The van der Waals surface area contributed by atoms with Crippen molar-refractivity contribution in [2.45, 2.75) is 12.8 Å². The number of aromatic hydroxyl groups is 1. The summed E-state index contributed by atoms with van der Waals surface area (Å²) in [6.07, 6.45) is 2.09. The first-order valence-corrected chi connectivity index (χ1v) is 8.61. The Morgan fingerprint density at radius 2 is 2.32 bits per heavy atom. The summed E-state index contributed by atoms with van der Waals surface area (Å²) in [5, 5.41) is 13.3. The monoisotopic (exact) mass is 326 g/mol. The molecule has 0 bridgehead atoms. The van der Waals surface area contributed by atoms with Crippen LogP contribution in [-0.2, 0) is 14.6 Å². The van der Waals surface area contributed by atoms with Crippen LogP contribution in [0.1, 0.15) is 18.4 Å². The molecule has 0 saturated carbocycles. The molecule has 8 heteroatoms. The number of amides is 1. The molecular formula is C14H18N2O5S. The highest BCUT2D eigenvalue weighted by Crippen LogP contribution is 2.25. The molecule has 0 unspecified atom stereocenters. The topological polar surface area (TPSA) is 105 Å².